The summed E-state index contributed by atoms with van der Waals surface area (Å²) in [6, 6.07) is -0.323. The molecule has 3 rings (SSSR count). The van der Waals surface area contributed by atoms with Crippen molar-refractivity contribution in [3.8, 4) is 0 Å². The molecule has 18 atom stereocenters. The molecule has 0 bridgehead atoms. The Labute approximate surface area is 333 Å². The Balaban J connectivity index is 2.30. The highest BCUT2D eigenvalue weighted by Gasteiger charge is 2.54. The van der Waals surface area contributed by atoms with Gasteiger partial charge in [-0.2, -0.15) is 0 Å². The second kappa shape index (κ2) is 19.9. The van der Waals surface area contributed by atoms with Gasteiger partial charge in [-0.3, -0.25) is 9.59 Å². The van der Waals surface area contributed by atoms with Crippen molar-refractivity contribution in [3.63, 3.8) is 0 Å². The maximum atomic E-state index is 14.3. The molecule has 3 fully saturated rings. The van der Waals surface area contributed by atoms with Crippen LogP contribution in [0.1, 0.15) is 94.9 Å². The lowest BCUT2D eigenvalue weighted by Crippen LogP contribution is -2.61. The number of ketones is 1. The van der Waals surface area contributed by atoms with Crippen LogP contribution in [0.5, 0.6) is 0 Å². The molecule has 0 unspecified atom stereocenters. The lowest BCUT2D eigenvalue weighted by Gasteiger charge is -2.50. The number of hydrogen-bond acceptors (Lipinski definition) is 16. The zero-order chi connectivity index (χ0) is 42.5. The third-order valence-corrected chi connectivity index (χ3v) is 12.5. The fraction of sp³-hybridized carbons (Fsp3) is 0.925. The maximum absolute atomic E-state index is 14.3. The van der Waals surface area contributed by atoms with Crippen LogP contribution in [0.3, 0.4) is 0 Å². The number of ether oxygens (including phenoxy) is 7. The fourth-order valence-corrected chi connectivity index (χ4v) is 8.86. The standard InChI is InChI=1S/C40H72N2O14/c1-15-28-40(10,48)33(45)23(4)30(43)21(2)19-39(9,51-17-16-41-50-14)35(56-37-31(44)27(42(11)12)18-22(3)52-37)24(5)32(25(6)36(47)54-28)55-29-20-38(8,49-13)34(46)26(7)53-29/h16,21-29,31-35,37,44-46,48H,15,17-20H2,1-14H3/b41-16+/t21-,22-,23+,24+,25-,26+,27+,28-,29+,31-,32+,33-,34+,35-,37+,38-,39+,40-/m1/s1. The molecular formula is C40H72N2O14. The number of cyclic esters (lactones) is 1. The first kappa shape index (κ1) is 48.5. The van der Waals surface area contributed by atoms with E-state index in [4.69, 9.17) is 38.0 Å². The topological polar surface area (TPSA) is 204 Å². The monoisotopic (exact) mass is 804 g/mol. The average molecular weight is 805 g/mol. The van der Waals surface area contributed by atoms with E-state index in [0.29, 0.717) is 6.42 Å². The highest BCUT2D eigenvalue weighted by Crippen LogP contribution is 2.42. The molecule has 16 heteroatoms. The summed E-state index contributed by atoms with van der Waals surface area (Å²) >= 11 is 0. The highest BCUT2D eigenvalue weighted by molar-refractivity contribution is 5.83. The summed E-state index contributed by atoms with van der Waals surface area (Å²) in [5.74, 6) is -4.78. The van der Waals surface area contributed by atoms with Gasteiger partial charge in [0, 0.05) is 37.3 Å². The molecular weight excluding hydrogens is 732 g/mol. The summed E-state index contributed by atoms with van der Waals surface area (Å²) < 4.78 is 44.5. The maximum Gasteiger partial charge on any atom is 0.311 e. The number of esters is 1. The van der Waals surface area contributed by atoms with Gasteiger partial charge in [0.1, 0.15) is 36.8 Å². The summed E-state index contributed by atoms with van der Waals surface area (Å²) in [7, 11) is 6.63. The van der Waals surface area contributed by atoms with E-state index in [-0.39, 0.29) is 43.8 Å². The van der Waals surface area contributed by atoms with Crippen molar-refractivity contribution in [2.75, 3.05) is 34.9 Å². The molecule has 3 aliphatic rings. The number of nitrogens with zero attached hydrogens (tertiary/aromatic N) is 2. The number of oxime groups is 1. The molecule has 0 saturated carbocycles. The largest absolute Gasteiger partial charge is 0.459 e. The Morgan fingerprint density at radius 1 is 0.911 bits per heavy atom. The minimum absolute atomic E-state index is 0.0317. The number of rotatable bonds is 11. The lowest BCUT2D eigenvalue weighted by atomic mass is 9.73. The van der Waals surface area contributed by atoms with E-state index >= 15 is 0 Å². The van der Waals surface area contributed by atoms with Crippen LogP contribution in [0, 0.1) is 23.7 Å². The van der Waals surface area contributed by atoms with E-state index in [1.165, 1.54) is 34.3 Å². The number of methoxy groups -OCH3 is 1. The van der Waals surface area contributed by atoms with Crippen LogP contribution in [0.2, 0.25) is 0 Å². The Morgan fingerprint density at radius 2 is 1.55 bits per heavy atom. The van der Waals surface area contributed by atoms with Crippen LogP contribution in [0.4, 0.5) is 0 Å². The second-order valence-corrected chi connectivity index (χ2v) is 17.2. The molecule has 0 aromatic heterocycles. The number of hydrogen-bond donors (Lipinski definition) is 4. The predicted molar refractivity (Wildman–Crippen MR) is 205 cm³/mol. The number of aliphatic hydroxyl groups is 4. The predicted octanol–water partition coefficient (Wildman–Crippen LogP) is 2.44. The van der Waals surface area contributed by atoms with E-state index in [9.17, 15) is 30.0 Å². The van der Waals surface area contributed by atoms with Crippen LogP contribution in [-0.2, 0) is 47.6 Å². The van der Waals surface area contributed by atoms with Gasteiger partial charge in [-0.05, 0) is 74.9 Å². The van der Waals surface area contributed by atoms with Gasteiger partial charge in [-0.1, -0.05) is 32.9 Å². The van der Waals surface area contributed by atoms with E-state index in [2.05, 4.69) is 5.16 Å². The summed E-state index contributed by atoms with van der Waals surface area (Å²) in [4.78, 5) is 35.3. The summed E-state index contributed by atoms with van der Waals surface area (Å²) in [6.07, 6.45) is -7.93. The van der Waals surface area contributed by atoms with Crippen molar-refractivity contribution in [3.05, 3.63) is 0 Å². The van der Waals surface area contributed by atoms with E-state index < -0.39 is 102 Å². The Hall–Kier alpha value is -1.83. The van der Waals surface area contributed by atoms with Crippen LogP contribution in [0.25, 0.3) is 0 Å². The van der Waals surface area contributed by atoms with E-state index in [1.807, 2.05) is 32.8 Å². The van der Waals surface area contributed by atoms with Gasteiger partial charge in [-0.25, -0.2) is 0 Å². The van der Waals surface area contributed by atoms with Crippen LogP contribution < -0.4 is 0 Å². The normalized spacial score (nSPS) is 46.4. The number of Topliss-reactive ketones (excluding diaryl/α,β-unsaturated/α-hetero) is 1. The minimum atomic E-state index is -2.00. The third kappa shape index (κ3) is 10.9. The molecule has 3 aliphatic heterocycles. The Morgan fingerprint density at radius 3 is 2.12 bits per heavy atom. The lowest BCUT2D eigenvalue weighted by molar-refractivity contribution is -0.320. The van der Waals surface area contributed by atoms with Crippen LogP contribution in [-0.4, -0.2) is 162 Å². The molecule has 0 spiro atoms. The molecule has 0 aliphatic carbocycles. The Bertz CT molecular complexity index is 1300. The molecule has 4 N–H and O–H groups in total. The summed E-state index contributed by atoms with van der Waals surface area (Å²) in [5, 5.41) is 49.8. The first-order chi connectivity index (χ1) is 26.0. The fourth-order valence-electron chi connectivity index (χ4n) is 8.86. The molecule has 0 amide bonds. The smallest absolute Gasteiger partial charge is 0.311 e. The average Bonchev–Trinajstić information content (AvgIpc) is 3.14. The van der Waals surface area contributed by atoms with Crippen molar-refractivity contribution in [2.24, 2.45) is 28.8 Å². The second-order valence-electron chi connectivity index (χ2n) is 17.2. The van der Waals surface area contributed by atoms with E-state index in [1.54, 1.807) is 41.5 Å². The summed E-state index contributed by atoms with van der Waals surface area (Å²) in [5.41, 5.74) is -4.45. The molecule has 3 heterocycles. The molecule has 3 saturated heterocycles. The number of carbonyl (C=O) groups excluding carboxylic acids is 2. The zero-order valence-electron chi connectivity index (χ0n) is 36.0. The first-order valence-electron chi connectivity index (χ1n) is 20.0. The molecule has 0 aromatic rings. The van der Waals surface area contributed by atoms with Crippen molar-refractivity contribution < 1.29 is 68.0 Å². The Kier molecular flexibility index (Phi) is 17.3. The molecule has 0 aromatic carbocycles. The van der Waals surface area contributed by atoms with Gasteiger partial charge in [0.2, 0.25) is 0 Å². The number of carbonyl (C=O) groups is 2. The van der Waals surface area contributed by atoms with E-state index in [0.717, 1.165) is 0 Å². The van der Waals surface area contributed by atoms with Gasteiger partial charge in [0.25, 0.3) is 0 Å². The first-order valence-corrected chi connectivity index (χ1v) is 20.0. The van der Waals surface area contributed by atoms with Gasteiger partial charge in [0.15, 0.2) is 12.6 Å². The molecule has 16 nitrogen and oxygen atoms in total. The van der Waals surface area contributed by atoms with Crippen molar-refractivity contribution in [1.29, 1.82) is 0 Å². The SMILES string of the molecule is CC[C@H]1OC(=O)[C@H](C)[C@@H](O[C@H]2C[C@@](C)(OC)[C@@H](O)[C@H](C)O2)[C@H](C)[C@@H](O[C@@H]2O[C@H](C)C[C@H](N(C)C)[C@H]2O)[C@@](C)(OC/C=N/OC)C[C@@H](C)C(=O)[C@H](C)[C@@H](O)[C@]1(C)O. The minimum Gasteiger partial charge on any atom is -0.459 e. The quantitative estimate of drug-likeness (QED) is 0.135. The highest BCUT2D eigenvalue weighted by atomic mass is 16.7. The zero-order valence-corrected chi connectivity index (χ0v) is 36.0. The van der Waals surface area contributed by atoms with Crippen molar-refractivity contribution in [1.82, 2.24) is 4.90 Å². The molecule has 0 radical (unpaired) electrons. The van der Waals surface area contributed by atoms with Crippen molar-refractivity contribution in [2.45, 2.75) is 179 Å². The summed E-state index contributed by atoms with van der Waals surface area (Å²) in [6.45, 7) is 16.8. The van der Waals surface area contributed by atoms with Gasteiger partial charge in [-0.15, -0.1) is 0 Å². The van der Waals surface area contributed by atoms with Gasteiger partial charge >= 0.3 is 5.97 Å². The third-order valence-electron chi connectivity index (χ3n) is 12.5. The van der Waals surface area contributed by atoms with Gasteiger partial charge in [0.05, 0.1) is 60.5 Å². The molecule has 56 heavy (non-hydrogen) atoms. The number of likely N-dealkylation sites (N-methyl/N-ethyl adjacent to an activating group) is 1. The van der Waals surface area contributed by atoms with Crippen LogP contribution in [0.15, 0.2) is 5.16 Å². The van der Waals surface area contributed by atoms with Gasteiger partial charge < -0.3 is 63.3 Å². The molecule has 326 valence electrons. The van der Waals surface area contributed by atoms with Crippen molar-refractivity contribution >= 4 is 18.0 Å². The number of aliphatic hydroxyl groups excluding tert-OH is 3. The van der Waals surface area contributed by atoms with Crippen LogP contribution >= 0.6 is 0 Å².